The van der Waals surface area contributed by atoms with Crippen molar-refractivity contribution < 1.29 is 27.6 Å². The molecule has 0 aromatic heterocycles. The van der Waals surface area contributed by atoms with Gasteiger partial charge in [-0.1, -0.05) is 24.3 Å². The Kier molecular flexibility index (Phi) is 4.33. The third-order valence-corrected chi connectivity index (χ3v) is 4.89. The van der Waals surface area contributed by atoms with Crippen molar-refractivity contribution in [2.75, 3.05) is 7.11 Å². The Balaban J connectivity index is 1.91. The lowest BCUT2D eigenvalue weighted by Crippen LogP contribution is -2.37. The van der Waals surface area contributed by atoms with E-state index in [1.807, 2.05) is 0 Å². The molecule has 2 atom stereocenters. The average molecular weight is 389 g/mol. The normalized spacial score (nSPS) is 18.4. The van der Waals surface area contributed by atoms with Crippen molar-refractivity contribution in [3.05, 3.63) is 81.2 Å². The van der Waals surface area contributed by atoms with Gasteiger partial charge in [0.25, 0.3) is 6.04 Å². The minimum atomic E-state index is -1.41. The fourth-order valence-corrected chi connectivity index (χ4v) is 3.58. The molecule has 0 radical (unpaired) electrons. The summed E-state index contributed by atoms with van der Waals surface area (Å²) < 4.78 is 52.6. The van der Waals surface area contributed by atoms with Crippen LogP contribution in [0.25, 0.3) is 10.8 Å². The minimum Gasteiger partial charge on any atom is -0.496 e. The molecule has 3 aromatic rings. The second-order valence-corrected chi connectivity index (χ2v) is 6.50. The number of halogens is 3. The molecule has 0 saturated heterocycles. The molecular formula is C20H14F3NO4. The van der Waals surface area contributed by atoms with E-state index in [2.05, 4.69) is 0 Å². The Hall–Kier alpha value is -3.29. The summed E-state index contributed by atoms with van der Waals surface area (Å²) in [5, 5.41) is 13.0. The number of methoxy groups -OCH3 is 1. The van der Waals surface area contributed by atoms with Crippen LogP contribution in [-0.4, -0.2) is 18.1 Å². The van der Waals surface area contributed by atoms with Crippen LogP contribution in [0.15, 0.2) is 42.5 Å². The van der Waals surface area contributed by atoms with Crippen LogP contribution in [0.3, 0.4) is 0 Å². The fourth-order valence-electron chi connectivity index (χ4n) is 3.58. The fraction of sp³-hybridized carbons (Fsp3) is 0.200. The number of benzene rings is 3. The summed E-state index contributed by atoms with van der Waals surface area (Å²) in [5.74, 6) is -2.91. The lowest BCUT2D eigenvalue weighted by Gasteiger charge is -2.30. The number of nitro groups is 1. The average Bonchev–Trinajstić information content (AvgIpc) is 2.69. The van der Waals surface area contributed by atoms with Gasteiger partial charge in [0.05, 0.1) is 7.11 Å². The van der Waals surface area contributed by atoms with Gasteiger partial charge in [0.15, 0.2) is 17.7 Å². The third kappa shape index (κ3) is 2.81. The second-order valence-electron chi connectivity index (χ2n) is 6.50. The second kappa shape index (κ2) is 6.70. The van der Waals surface area contributed by atoms with E-state index in [0.717, 1.165) is 0 Å². The summed E-state index contributed by atoms with van der Waals surface area (Å²) in [4.78, 5) is 11.0. The minimum absolute atomic E-state index is 0.0768. The molecule has 0 spiro atoms. The predicted molar refractivity (Wildman–Crippen MR) is 94.7 cm³/mol. The molecule has 1 aliphatic heterocycles. The summed E-state index contributed by atoms with van der Waals surface area (Å²) in [7, 11) is 1.49. The molecule has 0 saturated carbocycles. The molecule has 5 nitrogen and oxygen atoms in total. The highest BCUT2D eigenvalue weighted by Crippen LogP contribution is 2.44. The number of hydrogen-bond acceptors (Lipinski definition) is 4. The number of hydrogen-bond donors (Lipinski definition) is 0. The summed E-state index contributed by atoms with van der Waals surface area (Å²) in [6.45, 7) is 0. The maximum atomic E-state index is 14.3. The molecule has 4 rings (SSSR count). The predicted octanol–water partition coefficient (Wildman–Crippen LogP) is 4.59. The molecular weight excluding hydrogens is 375 g/mol. The van der Waals surface area contributed by atoms with Gasteiger partial charge in [-0.3, -0.25) is 10.1 Å². The van der Waals surface area contributed by atoms with Crippen LogP contribution < -0.4 is 9.47 Å². The molecule has 0 aliphatic carbocycles. The molecule has 8 heteroatoms. The highest BCUT2D eigenvalue weighted by atomic mass is 19.2. The first-order valence-corrected chi connectivity index (χ1v) is 8.44. The summed E-state index contributed by atoms with van der Waals surface area (Å²) >= 11 is 0. The van der Waals surface area contributed by atoms with Crippen molar-refractivity contribution in [2.45, 2.75) is 18.6 Å². The van der Waals surface area contributed by atoms with E-state index in [9.17, 15) is 23.3 Å². The van der Waals surface area contributed by atoms with Gasteiger partial charge in [-0.15, -0.1) is 0 Å². The monoisotopic (exact) mass is 389 g/mol. The van der Waals surface area contributed by atoms with Crippen LogP contribution >= 0.6 is 0 Å². The Labute approximate surface area is 157 Å². The molecule has 0 bridgehead atoms. The van der Waals surface area contributed by atoms with Gasteiger partial charge in [-0.2, -0.15) is 0 Å². The molecule has 1 aliphatic rings. The van der Waals surface area contributed by atoms with Crippen molar-refractivity contribution in [3.63, 3.8) is 0 Å². The zero-order chi connectivity index (χ0) is 20.0. The van der Waals surface area contributed by atoms with E-state index in [-0.39, 0.29) is 6.42 Å². The lowest BCUT2D eigenvalue weighted by atomic mass is 9.90. The van der Waals surface area contributed by atoms with E-state index < -0.39 is 40.1 Å². The summed E-state index contributed by atoms with van der Waals surface area (Å²) in [6, 6.07) is 8.36. The molecule has 3 aromatic carbocycles. The standard InChI is InChI=1S/C20H14F3NO4/c1-27-18-7-10-6-17(24(25)26)20(13-8-15(22)16(23)9-14(13)21)28-19(10)12-5-3-2-4-11(12)18/h2-5,7-9,17,20H,6H2,1H3. The zero-order valence-corrected chi connectivity index (χ0v) is 14.6. The van der Waals surface area contributed by atoms with Crippen LogP contribution in [0.5, 0.6) is 11.5 Å². The number of nitrogens with zero attached hydrogens (tertiary/aromatic N) is 1. The van der Waals surface area contributed by atoms with Gasteiger partial charge >= 0.3 is 0 Å². The maximum absolute atomic E-state index is 14.3. The molecule has 0 N–H and O–H groups in total. The van der Waals surface area contributed by atoms with Crippen molar-refractivity contribution in [1.82, 2.24) is 0 Å². The molecule has 0 fully saturated rings. The van der Waals surface area contributed by atoms with Gasteiger partial charge in [-0.05, 0) is 12.1 Å². The van der Waals surface area contributed by atoms with E-state index >= 15 is 0 Å². The van der Waals surface area contributed by atoms with Crippen LogP contribution in [0.4, 0.5) is 13.2 Å². The topological polar surface area (TPSA) is 61.6 Å². The molecule has 2 unspecified atom stereocenters. The lowest BCUT2D eigenvalue weighted by molar-refractivity contribution is -0.535. The Morgan fingerprint density at radius 1 is 1.07 bits per heavy atom. The SMILES string of the molecule is COc1cc2c(c3ccccc13)OC(c1cc(F)c(F)cc1F)C([N+](=O)[O-])C2. The van der Waals surface area contributed by atoms with Gasteiger partial charge in [-0.25, -0.2) is 13.2 Å². The van der Waals surface area contributed by atoms with Crippen molar-refractivity contribution in [2.24, 2.45) is 0 Å². The van der Waals surface area contributed by atoms with Crippen molar-refractivity contribution in [1.29, 1.82) is 0 Å². The Bertz CT molecular complexity index is 1100. The first kappa shape index (κ1) is 18.1. The first-order chi connectivity index (χ1) is 13.4. The number of rotatable bonds is 3. The summed E-state index contributed by atoms with van der Waals surface area (Å²) in [6.07, 6.45) is -1.48. The van der Waals surface area contributed by atoms with Crippen LogP contribution in [-0.2, 0) is 6.42 Å². The molecule has 0 amide bonds. The molecule has 1 heterocycles. The van der Waals surface area contributed by atoms with Gasteiger partial charge < -0.3 is 9.47 Å². The summed E-state index contributed by atoms with van der Waals surface area (Å²) in [5.41, 5.74) is 0.127. The Morgan fingerprint density at radius 2 is 1.75 bits per heavy atom. The van der Waals surface area contributed by atoms with E-state index in [1.54, 1.807) is 30.3 Å². The van der Waals surface area contributed by atoms with E-state index in [4.69, 9.17) is 9.47 Å². The highest BCUT2D eigenvalue weighted by molar-refractivity contribution is 5.94. The van der Waals surface area contributed by atoms with Crippen LogP contribution in [0, 0.1) is 27.6 Å². The largest absolute Gasteiger partial charge is 0.496 e. The van der Waals surface area contributed by atoms with Gasteiger partial charge in [0, 0.05) is 39.3 Å². The highest BCUT2D eigenvalue weighted by Gasteiger charge is 2.42. The van der Waals surface area contributed by atoms with Crippen LogP contribution in [0.2, 0.25) is 0 Å². The van der Waals surface area contributed by atoms with E-state index in [0.29, 0.717) is 40.0 Å². The smallest absolute Gasteiger partial charge is 0.257 e. The van der Waals surface area contributed by atoms with Crippen LogP contribution in [0.1, 0.15) is 17.2 Å². The van der Waals surface area contributed by atoms with Crippen molar-refractivity contribution >= 4 is 10.8 Å². The van der Waals surface area contributed by atoms with E-state index in [1.165, 1.54) is 7.11 Å². The number of ether oxygens (including phenoxy) is 2. The van der Waals surface area contributed by atoms with Crippen molar-refractivity contribution in [3.8, 4) is 11.5 Å². The zero-order valence-electron chi connectivity index (χ0n) is 14.6. The number of fused-ring (bicyclic) bond motifs is 3. The first-order valence-electron chi connectivity index (χ1n) is 8.44. The Morgan fingerprint density at radius 3 is 2.43 bits per heavy atom. The van der Waals surface area contributed by atoms with Gasteiger partial charge in [0.2, 0.25) is 0 Å². The maximum Gasteiger partial charge on any atom is 0.257 e. The molecule has 28 heavy (non-hydrogen) atoms. The third-order valence-electron chi connectivity index (χ3n) is 4.89. The quantitative estimate of drug-likeness (QED) is 0.374. The van der Waals surface area contributed by atoms with Gasteiger partial charge in [0.1, 0.15) is 17.3 Å². The molecule has 144 valence electrons.